The van der Waals surface area contributed by atoms with Gasteiger partial charge in [0.05, 0.1) is 34.9 Å². The SMILES string of the molecule is COc1ccc2cc1Oc1ccc(cc1)CC1c3cc(c(OC)cc3CC[N+]1(C)[O-])Oc1c(O)c(OC)cc3c1C(C2)N(C)CC3. The summed E-state index contributed by atoms with van der Waals surface area (Å²) in [6.45, 7) is 1.28. The monoisotopic (exact) mass is 624 g/mol. The number of fused-ring (bicyclic) bond motifs is 2. The van der Waals surface area contributed by atoms with Crippen molar-refractivity contribution in [3.05, 3.63) is 99.3 Å². The summed E-state index contributed by atoms with van der Waals surface area (Å²) in [6, 6.07) is 19.2. The van der Waals surface area contributed by atoms with Crippen molar-refractivity contribution in [2.75, 3.05) is 48.5 Å². The van der Waals surface area contributed by atoms with E-state index in [1.54, 1.807) is 28.4 Å². The van der Waals surface area contributed by atoms with Crippen LogP contribution in [0.3, 0.4) is 0 Å². The zero-order valence-corrected chi connectivity index (χ0v) is 27.0. The predicted molar refractivity (Wildman–Crippen MR) is 175 cm³/mol. The smallest absolute Gasteiger partial charge is 0.201 e. The number of phenolic OH excluding ortho intramolecular Hbond substituents is 1. The number of methoxy groups -OCH3 is 3. The lowest BCUT2D eigenvalue weighted by atomic mass is 9.87. The van der Waals surface area contributed by atoms with Crippen LogP contribution in [0.5, 0.6) is 46.0 Å². The van der Waals surface area contributed by atoms with Crippen molar-refractivity contribution in [2.24, 2.45) is 0 Å². The Morgan fingerprint density at radius 1 is 0.804 bits per heavy atom. The number of rotatable bonds is 3. The Kier molecular flexibility index (Phi) is 7.71. The van der Waals surface area contributed by atoms with E-state index in [9.17, 15) is 10.3 Å². The number of phenols is 1. The van der Waals surface area contributed by atoms with Crippen LogP contribution in [0.1, 0.15) is 45.5 Å². The molecule has 46 heavy (non-hydrogen) atoms. The summed E-state index contributed by atoms with van der Waals surface area (Å²) in [4.78, 5) is 2.28. The van der Waals surface area contributed by atoms with Crippen LogP contribution in [0.2, 0.25) is 0 Å². The summed E-state index contributed by atoms with van der Waals surface area (Å²) in [5.41, 5.74) is 5.99. The fourth-order valence-corrected chi connectivity index (χ4v) is 7.24. The van der Waals surface area contributed by atoms with Gasteiger partial charge in [0.25, 0.3) is 0 Å². The number of benzene rings is 4. The van der Waals surface area contributed by atoms with Gasteiger partial charge in [-0.1, -0.05) is 18.2 Å². The molecule has 0 aliphatic carbocycles. The van der Waals surface area contributed by atoms with Crippen LogP contribution in [0, 0.1) is 5.21 Å². The minimum atomic E-state index is -0.409. The molecule has 4 aliphatic rings. The van der Waals surface area contributed by atoms with Crippen molar-refractivity contribution >= 4 is 0 Å². The van der Waals surface area contributed by atoms with Crippen LogP contribution >= 0.6 is 0 Å². The Bertz CT molecular complexity index is 1790. The summed E-state index contributed by atoms with van der Waals surface area (Å²) < 4.78 is 29.9. The molecule has 9 heteroatoms. The van der Waals surface area contributed by atoms with Gasteiger partial charge in [-0.3, -0.25) is 4.90 Å². The summed E-state index contributed by atoms with van der Waals surface area (Å²) in [6.07, 6.45) is 2.55. The first kappa shape index (κ1) is 30.2. The van der Waals surface area contributed by atoms with E-state index in [2.05, 4.69) is 11.9 Å². The standard InChI is InChI=1S/C37H40N2O7/c1-38-14-12-25-20-34(44-5)36(40)37-35(25)28(38)16-23-8-11-30(42-3)32(18-23)45-26-9-6-22(7-10-26)17-29-27-21-33(46-37)31(43-4)19-24(27)13-15-39(29,2)41/h6-11,18-21,28-29,40H,12-17H2,1-5H3. The number of aromatic hydroxyl groups is 1. The minimum absolute atomic E-state index is 0.0741. The second-order valence-electron chi connectivity index (χ2n) is 12.7. The van der Waals surface area contributed by atoms with Gasteiger partial charge in [0.15, 0.2) is 34.5 Å². The molecule has 0 amide bonds. The number of ether oxygens (including phenoxy) is 5. The molecule has 1 N–H and O–H groups in total. The summed E-state index contributed by atoms with van der Waals surface area (Å²) in [5.74, 6) is 3.53. The van der Waals surface area contributed by atoms with Crippen LogP contribution in [0.4, 0.5) is 0 Å². The number of quaternary nitrogens is 1. The number of hydroxylamine groups is 3. The van der Waals surface area contributed by atoms with E-state index in [0.29, 0.717) is 66.1 Å². The lowest BCUT2D eigenvalue weighted by Gasteiger charge is -2.49. The van der Waals surface area contributed by atoms with E-state index in [1.807, 2.05) is 60.7 Å². The van der Waals surface area contributed by atoms with Crippen LogP contribution < -0.4 is 23.7 Å². The van der Waals surface area contributed by atoms with Gasteiger partial charge in [-0.15, -0.1) is 0 Å². The molecule has 0 radical (unpaired) electrons. The maximum Gasteiger partial charge on any atom is 0.201 e. The van der Waals surface area contributed by atoms with E-state index in [-0.39, 0.29) is 17.8 Å². The molecular weight excluding hydrogens is 584 g/mol. The molecule has 4 heterocycles. The highest BCUT2D eigenvalue weighted by atomic mass is 16.5. The molecule has 9 nitrogen and oxygen atoms in total. The molecule has 0 spiro atoms. The summed E-state index contributed by atoms with van der Waals surface area (Å²) >= 11 is 0. The van der Waals surface area contributed by atoms with Gasteiger partial charge >= 0.3 is 0 Å². The van der Waals surface area contributed by atoms with E-state index >= 15 is 0 Å². The molecule has 240 valence electrons. The number of nitrogens with zero attached hydrogens (tertiary/aromatic N) is 2. The second-order valence-corrected chi connectivity index (χ2v) is 12.7. The van der Waals surface area contributed by atoms with Gasteiger partial charge in [0.2, 0.25) is 5.75 Å². The molecule has 0 fully saturated rings. The van der Waals surface area contributed by atoms with Gasteiger partial charge in [-0.05, 0) is 84.6 Å². The molecule has 0 aromatic heterocycles. The molecule has 6 bridgehead atoms. The molecule has 0 saturated carbocycles. The first-order chi connectivity index (χ1) is 22.2. The Labute approximate surface area is 269 Å². The third-order valence-electron chi connectivity index (χ3n) is 9.88. The third kappa shape index (κ3) is 5.28. The van der Waals surface area contributed by atoms with Crippen LogP contribution in [-0.4, -0.2) is 63.2 Å². The lowest BCUT2D eigenvalue weighted by Crippen LogP contribution is -2.47. The molecule has 0 saturated heterocycles. The van der Waals surface area contributed by atoms with Crippen molar-refractivity contribution in [3.8, 4) is 46.0 Å². The van der Waals surface area contributed by atoms with E-state index in [0.717, 1.165) is 46.3 Å². The van der Waals surface area contributed by atoms with Gasteiger partial charge in [-0.2, -0.15) is 0 Å². The van der Waals surface area contributed by atoms with Gasteiger partial charge < -0.3 is 38.6 Å². The van der Waals surface area contributed by atoms with Crippen molar-refractivity contribution in [1.29, 1.82) is 0 Å². The molecule has 8 rings (SSSR count). The first-order valence-corrected chi connectivity index (χ1v) is 15.7. The van der Waals surface area contributed by atoms with Crippen molar-refractivity contribution in [1.82, 2.24) is 4.90 Å². The fourth-order valence-electron chi connectivity index (χ4n) is 7.24. The Morgan fingerprint density at radius 2 is 1.50 bits per heavy atom. The van der Waals surface area contributed by atoms with Crippen LogP contribution in [0.15, 0.2) is 60.7 Å². The highest BCUT2D eigenvalue weighted by molar-refractivity contribution is 5.63. The largest absolute Gasteiger partial charge is 0.633 e. The molecule has 4 aromatic rings. The minimum Gasteiger partial charge on any atom is -0.633 e. The fraction of sp³-hybridized carbons (Fsp3) is 0.351. The quantitative estimate of drug-likeness (QED) is 0.195. The Morgan fingerprint density at radius 3 is 2.24 bits per heavy atom. The summed E-state index contributed by atoms with van der Waals surface area (Å²) in [7, 11) is 8.62. The topological polar surface area (TPSA) is 92.7 Å². The highest BCUT2D eigenvalue weighted by Crippen LogP contribution is 2.51. The number of likely N-dealkylation sites (N-methyl/N-ethyl adjacent to an activating group) is 2. The predicted octanol–water partition coefficient (Wildman–Crippen LogP) is 6.87. The van der Waals surface area contributed by atoms with Crippen LogP contribution in [-0.2, 0) is 25.7 Å². The number of hydrogen-bond acceptors (Lipinski definition) is 8. The van der Waals surface area contributed by atoms with E-state index in [1.165, 1.54) is 0 Å². The second kappa shape index (κ2) is 11.7. The van der Waals surface area contributed by atoms with Crippen LogP contribution in [0.25, 0.3) is 0 Å². The highest BCUT2D eigenvalue weighted by Gasteiger charge is 2.37. The van der Waals surface area contributed by atoms with Gasteiger partial charge in [0.1, 0.15) is 11.8 Å². The average molecular weight is 625 g/mol. The molecule has 4 aliphatic heterocycles. The first-order valence-electron chi connectivity index (χ1n) is 15.7. The maximum atomic E-state index is 14.0. The Balaban J connectivity index is 1.47. The van der Waals surface area contributed by atoms with Gasteiger partial charge in [0, 0.05) is 36.6 Å². The average Bonchev–Trinajstić information content (AvgIpc) is 3.05. The molecular formula is C37H40N2O7. The summed E-state index contributed by atoms with van der Waals surface area (Å²) in [5, 5.41) is 25.6. The third-order valence-corrected chi connectivity index (χ3v) is 9.88. The van der Waals surface area contributed by atoms with Crippen molar-refractivity contribution < 1.29 is 33.4 Å². The van der Waals surface area contributed by atoms with Gasteiger partial charge in [-0.25, -0.2) is 0 Å². The van der Waals surface area contributed by atoms with Crippen molar-refractivity contribution in [2.45, 2.75) is 37.8 Å². The maximum absolute atomic E-state index is 14.0. The van der Waals surface area contributed by atoms with E-state index < -0.39 is 4.65 Å². The zero-order chi connectivity index (χ0) is 32.2. The molecule has 4 aromatic carbocycles. The molecule has 3 unspecified atom stereocenters. The number of hydrogen-bond donors (Lipinski definition) is 1. The zero-order valence-electron chi connectivity index (χ0n) is 27.0. The van der Waals surface area contributed by atoms with Crippen molar-refractivity contribution in [3.63, 3.8) is 0 Å². The normalized spacial score (nSPS) is 22.0. The Hall–Kier alpha value is -4.44. The molecule has 3 atom stereocenters. The lowest BCUT2D eigenvalue weighted by molar-refractivity contribution is -0.894. The van der Waals surface area contributed by atoms with E-state index in [4.69, 9.17) is 23.7 Å².